The Morgan fingerprint density at radius 2 is 2.62 bits per heavy atom. The second-order valence-electron chi connectivity index (χ2n) is 3.27. The van der Waals surface area contributed by atoms with Gasteiger partial charge in [-0.05, 0) is 24.8 Å². The Kier molecular flexibility index (Phi) is 2.61. The zero-order valence-electron chi connectivity index (χ0n) is 7.52. The molecule has 72 valence electrons. The molecule has 0 amide bonds. The summed E-state index contributed by atoms with van der Waals surface area (Å²) in [7, 11) is 0. The standard InChI is InChI=1S/C9H14N2O2/c12-4-3-8-6-10-11(7-8)9-2-1-5-13-9/h6-7,9,12H,1-5H2. The summed E-state index contributed by atoms with van der Waals surface area (Å²) >= 11 is 0. The fourth-order valence-electron chi connectivity index (χ4n) is 1.56. The molecule has 4 heteroatoms. The lowest BCUT2D eigenvalue weighted by Gasteiger charge is -2.08. The van der Waals surface area contributed by atoms with Gasteiger partial charge >= 0.3 is 0 Å². The molecule has 1 aromatic rings. The van der Waals surface area contributed by atoms with Gasteiger partial charge in [-0.25, -0.2) is 4.68 Å². The number of aliphatic hydroxyl groups excluding tert-OH is 1. The highest BCUT2D eigenvalue weighted by Gasteiger charge is 2.17. The van der Waals surface area contributed by atoms with Crippen molar-refractivity contribution in [1.29, 1.82) is 0 Å². The number of hydrogen-bond acceptors (Lipinski definition) is 3. The smallest absolute Gasteiger partial charge is 0.150 e. The molecule has 2 heterocycles. The molecule has 1 aromatic heterocycles. The lowest BCUT2D eigenvalue weighted by atomic mass is 10.3. The van der Waals surface area contributed by atoms with Gasteiger partial charge in [0.2, 0.25) is 0 Å². The molecule has 1 unspecified atom stereocenters. The molecule has 0 radical (unpaired) electrons. The van der Waals surface area contributed by atoms with E-state index in [4.69, 9.17) is 9.84 Å². The number of hydrogen-bond donors (Lipinski definition) is 1. The van der Waals surface area contributed by atoms with Gasteiger partial charge in [0.05, 0.1) is 6.20 Å². The van der Waals surface area contributed by atoms with Crippen LogP contribution in [0.5, 0.6) is 0 Å². The number of ether oxygens (including phenoxy) is 1. The molecule has 0 spiro atoms. The molecule has 0 aliphatic carbocycles. The van der Waals surface area contributed by atoms with Crippen LogP contribution in [0.2, 0.25) is 0 Å². The van der Waals surface area contributed by atoms with Crippen LogP contribution in [0.25, 0.3) is 0 Å². The van der Waals surface area contributed by atoms with Gasteiger partial charge < -0.3 is 9.84 Å². The first-order valence-electron chi connectivity index (χ1n) is 4.65. The predicted molar refractivity (Wildman–Crippen MR) is 47.2 cm³/mol. The quantitative estimate of drug-likeness (QED) is 0.749. The normalized spacial score (nSPS) is 22.4. The Morgan fingerprint density at radius 1 is 1.69 bits per heavy atom. The van der Waals surface area contributed by atoms with Crippen molar-refractivity contribution in [3.63, 3.8) is 0 Å². The SMILES string of the molecule is OCCc1cnn(C2CCCO2)c1. The molecule has 0 aromatic carbocycles. The minimum atomic E-state index is 0.118. The third-order valence-corrected chi connectivity index (χ3v) is 2.26. The Hall–Kier alpha value is -0.870. The van der Waals surface area contributed by atoms with Gasteiger partial charge in [-0.3, -0.25) is 0 Å². The molecule has 0 saturated carbocycles. The van der Waals surface area contributed by atoms with Crippen LogP contribution in [0.15, 0.2) is 12.4 Å². The van der Waals surface area contributed by atoms with Gasteiger partial charge in [-0.2, -0.15) is 5.10 Å². The summed E-state index contributed by atoms with van der Waals surface area (Å²) in [6.45, 7) is 1.01. The zero-order chi connectivity index (χ0) is 9.10. The highest BCUT2D eigenvalue weighted by Crippen LogP contribution is 2.21. The molecule has 2 rings (SSSR count). The van der Waals surface area contributed by atoms with E-state index in [2.05, 4.69) is 5.10 Å². The van der Waals surface area contributed by atoms with Gasteiger partial charge in [0.15, 0.2) is 0 Å². The molecular formula is C9H14N2O2. The van der Waals surface area contributed by atoms with Crippen molar-refractivity contribution >= 4 is 0 Å². The van der Waals surface area contributed by atoms with Gasteiger partial charge in [-0.15, -0.1) is 0 Å². The summed E-state index contributed by atoms with van der Waals surface area (Å²) in [6.07, 6.45) is 6.68. The van der Waals surface area contributed by atoms with E-state index in [9.17, 15) is 0 Å². The second kappa shape index (κ2) is 3.89. The van der Waals surface area contributed by atoms with E-state index < -0.39 is 0 Å². The van der Waals surface area contributed by atoms with E-state index in [1.807, 2.05) is 10.9 Å². The van der Waals surface area contributed by atoms with Gasteiger partial charge in [-0.1, -0.05) is 0 Å². The molecule has 1 aliphatic rings. The maximum Gasteiger partial charge on any atom is 0.150 e. The van der Waals surface area contributed by atoms with Crippen LogP contribution in [0.1, 0.15) is 24.6 Å². The summed E-state index contributed by atoms with van der Waals surface area (Å²) < 4.78 is 7.31. The fourth-order valence-corrected chi connectivity index (χ4v) is 1.56. The van der Waals surface area contributed by atoms with Crippen LogP contribution in [-0.4, -0.2) is 28.1 Å². The summed E-state index contributed by atoms with van der Waals surface area (Å²) in [5.41, 5.74) is 1.07. The van der Waals surface area contributed by atoms with Crippen LogP contribution >= 0.6 is 0 Å². The molecular weight excluding hydrogens is 168 g/mol. The monoisotopic (exact) mass is 182 g/mol. The fraction of sp³-hybridized carbons (Fsp3) is 0.667. The average molecular weight is 182 g/mol. The van der Waals surface area contributed by atoms with Gasteiger partial charge in [0.1, 0.15) is 6.23 Å². The lowest BCUT2D eigenvalue weighted by molar-refractivity contribution is 0.0467. The van der Waals surface area contributed by atoms with Crippen LogP contribution in [0.4, 0.5) is 0 Å². The van der Waals surface area contributed by atoms with Crippen molar-refractivity contribution in [1.82, 2.24) is 9.78 Å². The maximum atomic E-state index is 8.73. The molecule has 0 bridgehead atoms. The van der Waals surface area contributed by atoms with E-state index in [1.54, 1.807) is 6.20 Å². The third-order valence-electron chi connectivity index (χ3n) is 2.26. The molecule has 1 atom stereocenters. The Balaban J connectivity index is 2.03. The summed E-state index contributed by atoms with van der Waals surface area (Å²) in [5, 5.41) is 12.9. The van der Waals surface area contributed by atoms with Crippen LogP contribution in [0, 0.1) is 0 Å². The summed E-state index contributed by atoms with van der Waals surface area (Å²) in [6, 6.07) is 0. The van der Waals surface area contributed by atoms with Crippen LogP contribution < -0.4 is 0 Å². The first-order chi connectivity index (χ1) is 6.40. The van der Waals surface area contributed by atoms with Gasteiger partial charge in [0.25, 0.3) is 0 Å². The first-order valence-corrected chi connectivity index (χ1v) is 4.65. The van der Waals surface area contributed by atoms with Crippen LogP contribution in [0.3, 0.4) is 0 Å². The molecule has 1 N–H and O–H groups in total. The zero-order valence-corrected chi connectivity index (χ0v) is 7.52. The number of rotatable bonds is 3. The van der Waals surface area contributed by atoms with Crippen molar-refractivity contribution in [3.8, 4) is 0 Å². The number of aromatic nitrogens is 2. The van der Waals surface area contributed by atoms with Crippen molar-refractivity contribution in [2.75, 3.05) is 13.2 Å². The number of nitrogens with zero attached hydrogens (tertiary/aromatic N) is 2. The van der Waals surface area contributed by atoms with Crippen molar-refractivity contribution in [2.45, 2.75) is 25.5 Å². The Morgan fingerprint density at radius 3 is 3.31 bits per heavy atom. The Labute approximate surface area is 77.1 Å². The van der Waals surface area contributed by atoms with Crippen molar-refractivity contribution in [2.24, 2.45) is 0 Å². The van der Waals surface area contributed by atoms with E-state index in [0.717, 1.165) is 25.0 Å². The Bertz CT molecular complexity index is 266. The molecule has 4 nitrogen and oxygen atoms in total. The lowest BCUT2D eigenvalue weighted by Crippen LogP contribution is -2.07. The van der Waals surface area contributed by atoms with Gasteiger partial charge in [0, 0.05) is 19.4 Å². The van der Waals surface area contributed by atoms with E-state index in [0.29, 0.717) is 6.42 Å². The molecule has 1 aliphatic heterocycles. The largest absolute Gasteiger partial charge is 0.396 e. The summed E-state index contributed by atoms with van der Waals surface area (Å²) in [4.78, 5) is 0. The molecule has 1 fully saturated rings. The first kappa shape index (κ1) is 8.72. The maximum absolute atomic E-state index is 8.73. The molecule has 1 saturated heterocycles. The minimum absolute atomic E-state index is 0.118. The minimum Gasteiger partial charge on any atom is -0.396 e. The number of aliphatic hydroxyl groups is 1. The van der Waals surface area contributed by atoms with E-state index in [-0.39, 0.29) is 12.8 Å². The van der Waals surface area contributed by atoms with Crippen molar-refractivity contribution in [3.05, 3.63) is 18.0 Å². The average Bonchev–Trinajstić information content (AvgIpc) is 2.70. The highest BCUT2D eigenvalue weighted by molar-refractivity contribution is 5.04. The second-order valence-corrected chi connectivity index (χ2v) is 3.27. The topological polar surface area (TPSA) is 47.3 Å². The van der Waals surface area contributed by atoms with Crippen molar-refractivity contribution < 1.29 is 9.84 Å². The van der Waals surface area contributed by atoms with Crippen LogP contribution in [-0.2, 0) is 11.2 Å². The molecule has 13 heavy (non-hydrogen) atoms. The summed E-state index contributed by atoms with van der Waals surface area (Å²) in [5.74, 6) is 0. The highest BCUT2D eigenvalue weighted by atomic mass is 16.5. The van der Waals surface area contributed by atoms with E-state index >= 15 is 0 Å². The van der Waals surface area contributed by atoms with E-state index in [1.165, 1.54) is 0 Å². The predicted octanol–water partition coefficient (Wildman–Crippen LogP) is 0.727. The third kappa shape index (κ3) is 1.89.